The summed E-state index contributed by atoms with van der Waals surface area (Å²) in [5.41, 5.74) is 4.93. The number of hydrogen-bond acceptors (Lipinski definition) is 5. The van der Waals surface area contributed by atoms with Crippen molar-refractivity contribution in [3.05, 3.63) is 71.9 Å². The van der Waals surface area contributed by atoms with E-state index < -0.39 is 0 Å². The predicted octanol–water partition coefficient (Wildman–Crippen LogP) is 3.56. The van der Waals surface area contributed by atoms with Crippen LogP contribution in [-0.4, -0.2) is 30.5 Å². The second kappa shape index (κ2) is 7.56. The summed E-state index contributed by atoms with van der Waals surface area (Å²) < 4.78 is 1.73. The van der Waals surface area contributed by atoms with Crippen LogP contribution in [-0.2, 0) is 12.8 Å². The molecule has 3 heterocycles. The number of rotatable bonds is 5. The van der Waals surface area contributed by atoms with E-state index in [0.29, 0.717) is 17.0 Å². The number of anilines is 1. The van der Waals surface area contributed by atoms with Gasteiger partial charge in [0, 0.05) is 23.6 Å². The van der Waals surface area contributed by atoms with Gasteiger partial charge in [0.15, 0.2) is 0 Å². The van der Waals surface area contributed by atoms with Crippen molar-refractivity contribution in [2.45, 2.75) is 26.7 Å². The van der Waals surface area contributed by atoms with Crippen LogP contribution in [0.5, 0.6) is 0 Å². The molecule has 0 fully saturated rings. The Labute approximate surface area is 162 Å². The summed E-state index contributed by atoms with van der Waals surface area (Å²) in [6.45, 7) is 4.15. The number of aryl methyl sites for hydroxylation is 2. The minimum Gasteiger partial charge on any atom is -0.322 e. The molecule has 0 saturated heterocycles. The lowest BCUT2D eigenvalue weighted by Gasteiger charge is -2.05. The van der Waals surface area contributed by atoms with Gasteiger partial charge in [-0.05, 0) is 37.1 Å². The number of hydrogen-bond donors (Lipinski definition) is 1. The lowest BCUT2D eigenvalue weighted by atomic mass is 10.1. The highest BCUT2D eigenvalue weighted by Gasteiger charge is 2.11. The van der Waals surface area contributed by atoms with Gasteiger partial charge in [0.2, 0.25) is 0 Å². The van der Waals surface area contributed by atoms with Crippen LogP contribution in [0.3, 0.4) is 0 Å². The number of pyridine rings is 1. The number of fused-ring (bicyclic) bond motifs is 1. The Bertz CT molecular complexity index is 1080. The Morgan fingerprint density at radius 1 is 1.04 bits per heavy atom. The molecule has 1 aromatic carbocycles. The first-order chi connectivity index (χ1) is 13.7. The number of imidazole rings is 1. The first-order valence-corrected chi connectivity index (χ1v) is 9.25. The summed E-state index contributed by atoms with van der Waals surface area (Å²) in [4.78, 5) is 25.4. The summed E-state index contributed by atoms with van der Waals surface area (Å²) in [6, 6.07) is 11.0. The van der Waals surface area contributed by atoms with Gasteiger partial charge in [0.1, 0.15) is 0 Å². The van der Waals surface area contributed by atoms with E-state index >= 15 is 0 Å². The Hall–Kier alpha value is -3.61. The molecule has 7 heteroatoms. The maximum atomic E-state index is 12.2. The molecule has 0 aliphatic rings. The zero-order valence-corrected chi connectivity index (χ0v) is 15.8. The highest BCUT2D eigenvalue weighted by Crippen LogP contribution is 2.21. The van der Waals surface area contributed by atoms with Crippen LogP contribution < -0.4 is 5.32 Å². The quantitative estimate of drug-likeness (QED) is 0.579. The number of carbonyl (C=O) groups is 1. The van der Waals surface area contributed by atoms with Crippen molar-refractivity contribution in [1.82, 2.24) is 24.6 Å². The number of aromatic nitrogens is 5. The van der Waals surface area contributed by atoms with Gasteiger partial charge in [-0.15, -0.1) is 0 Å². The predicted molar refractivity (Wildman–Crippen MR) is 107 cm³/mol. The van der Waals surface area contributed by atoms with Crippen LogP contribution in [0.1, 0.15) is 35.6 Å². The van der Waals surface area contributed by atoms with Crippen molar-refractivity contribution in [3.8, 4) is 11.3 Å². The average molecular weight is 372 g/mol. The molecule has 140 valence electrons. The van der Waals surface area contributed by atoms with Crippen LogP contribution in [0.25, 0.3) is 17.0 Å². The highest BCUT2D eigenvalue weighted by atomic mass is 16.1. The van der Waals surface area contributed by atoms with Gasteiger partial charge in [0.05, 0.1) is 28.8 Å². The van der Waals surface area contributed by atoms with E-state index in [1.165, 1.54) is 6.20 Å². The molecule has 0 atom stereocenters. The van der Waals surface area contributed by atoms with Crippen molar-refractivity contribution in [2.24, 2.45) is 0 Å². The summed E-state index contributed by atoms with van der Waals surface area (Å²) in [5.74, 6) is 0.402. The second-order valence-corrected chi connectivity index (χ2v) is 6.36. The van der Waals surface area contributed by atoms with Crippen molar-refractivity contribution < 1.29 is 4.79 Å². The van der Waals surface area contributed by atoms with E-state index in [9.17, 15) is 4.79 Å². The lowest BCUT2D eigenvalue weighted by Crippen LogP contribution is -2.11. The van der Waals surface area contributed by atoms with Gasteiger partial charge in [-0.3, -0.25) is 9.78 Å². The second-order valence-electron chi connectivity index (χ2n) is 6.36. The topological polar surface area (TPSA) is 85.1 Å². The van der Waals surface area contributed by atoms with Gasteiger partial charge in [0.25, 0.3) is 11.7 Å². The maximum absolute atomic E-state index is 12.2. The first-order valence-electron chi connectivity index (χ1n) is 9.25. The Morgan fingerprint density at radius 3 is 2.50 bits per heavy atom. The monoisotopic (exact) mass is 372 g/mol. The van der Waals surface area contributed by atoms with Crippen LogP contribution in [0.2, 0.25) is 0 Å². The molecule has 0 aliphatic heterocycles. The number of nitrogens with zero attached hydrogens (tertiary/aromatic N) is 5. The summed E-state index contributed by atoms with van der Waals surface area (Å²) >= 11 is 0. The normalized spacial score (nSPS) is 10.9. The van der Waals surface area contributed by atoms with Crippen LogP contribution in [0.4, 0.5) is 5.69 Å². The molecule has 0 unspecified atom stereocenters. The van der Waals surface area contributed by atoms with E-state index in [0.717, 1.165) is 35.5 Å². The summed E-state index contributed by atoms with van der Waals surface area (Å²) in [5, 5.41) is 7.49. The van der Waals surface area contributed by atoms with Crippen molar-refractivity contribution in [2.75, 3.05) is 5.32 Å². The van der Waals surface area contributed by atoms with Gasteiger partial charge in [-0.1, -0.05) is 26.0 Å². The molecule has 0 bridgehead atoms. The van der Waals surface area contributed by atoms with Gasteiger partial charge < -0.3 is 5.32 Å². The number of benzene rings is 1. The average Bonchev–Trinajstić information content (AvgIpc) is 3.16. The molecule has 4 aromatic rings. The molecule has 0 spiro atoms. The molecule has 1 N–H and O–H groups in total. The van der Waals surface area contributed by atoms with Gasteiger partial charge in [-0.25, -0.2) is 14.5 Å². The van der Waals surface area contributed by atoms with Crippen LogP contribution in [0.15, 0.2) is 55.0 Å². The molecule has 0 radical (unpaired) electrons. The minimum absolute atomic E-state index is 0.193. The van der Waals surface area contributed by atoms with Gasteiger partial charge in [-0.2, -0.15) is 5.10 Å². The molecular weight excluding hydrogens is 352 g/mol. The van der Waals surface area contributed by atoms with Crippen LogP contribution in [0, 0.1) is 0 Å². The molecular formula is C21H20N6O. The maximum Gasteiger partial charge on any atom is 0.257 e. The third kappa shape index (κ3) is 3.46. The molecule has 28 heavy (non-hydrogen) atoms. The largest absolute Gasteiger partial charge is 0.322 e. The zero-order chi connectivity index (χ0) is 19.5. The molecule has 0 saturated carbocycles. The highest BCUT2D eigenvalue weighted by molar-refractivity contribution is 6.04. The first kappa shape index (κ1) is 17.8. The number of amides is 1. The SMILES string of the molecule is CCc1nc2nc(-c3ccc(NC(=O)c4cccnc4)cc3)cn2nc1CC. The molecule has 4 rings (SSSR count). The van der Waals surface area contributed by atoms with E-state index in [4.69, 9.17) is 0 Å². The molecule has 1 amide bonds. The standard InChI is InChI=1S/C21H20N6O/c1-3-17-18(4-2)26-27-13-19(25-21(27)24-17)14-7-9-16(10-8-14)23-20(28)15-6-5-11-22-12-15/h5-13H,3-4H2,1-2H3,(H,23,28). The van der Waals surface area contributed by atoms with E-state index in [-0.39, 0.29) is 5.91 Å². The fraction of sp³-hybridized carbons (Fsp3) is 0.190. The third-order valence-electron chi connectivity index (χ3n) is 4.50. The number of nitrogens with one attached hydrogen (secondary N) is 1. The lowest BCUT2D eigenvalue weighted by molar-refractivity contribution is 0.102. The van der Waals surface area contributed by atoms with Crippen molar-refractivity contribution in [3.63, 3.8) is 0 Å². The smallest absolute Gasteiger partial charge is 0.257 e. The van der Waals surface area contributed by atoms with E-state index in [1.807, 2.05) is 30.5 Å². The minimum atomic E-state index is -0.193. The van der Waals surface area contributed by atoms with Crippen molar-refractivity contribution >= 4 is 17.4 Å². The third-order valence-corrected chi connectivity index (χ3v) is 4.50. The molecule has 7 nitrogen and oxygen atoms in total. The number of carbonyl (C=O) groups excluding carboxylic acids is 1. The summed E-state index contributed by atoms with van der Waals surface area (Å²) in [7, 11) is 0. The zero-order valence-electron chi connectivity index (χ0n) is 15.8. The fourth-order valence-corrected chi connectivity index (χ4v) is 3.01. The Kier molecular flexibility index (Phi) is 4.80. The van der Waals surface area contributed by atoms with Crippen molar-refractivity contribution in [1.29, 1.82) is 0 Å². The van der Waals surface area contributed by atoms with Crippen LogP contribution >= 0.6 is 0 Å². The molecule has 3 aromatic heterocycles. The van der Waals surface area contributed by atoms with E-state index in [2.05, 4.69) is 39.2 Å². The Morgan fingerprint density at radius 2 is 1.82 bits per heavy atom. The van der Waals surface area contributed by atoms with E-state index in [1.54, 1.807) is 22.8 Å². The Balaban J connectivity index is 1.57. The summed E-state index contributed by atoms with van der Waals surface area (Å²) in [6.07, 6.45) is 6.72. The molecule has 0 aliphatic carbocycles. The van der Waals surface area contributed by atoms with Gasteiger partial charge >= 0.3 is 0 Å². The fourth-order valence-electron chi connectivity index (χ4n) is 3.01.